The number of aromatic nitrogens is 1. The third-order valence-electron chi connectivity index (χ3n) is 2.72. The first-order valence-corrected chi connectivity index (χ1v) is 6.55. The standard InChI is InChI=1S/C12H11IN4O2/c1-7-14-6-10(19-7)12-11(15-16-17(12)13)8-2-4-9(18)5-3-8/h2-6,15-16,18H,1H3. The van der Waals surface area contributed by atoms with Crippen molar-refractivity contribution in [2.24, 2.45) is 0 Å². The number of hydrogen-bond donors (Lipinski definition) is 3. The molecule has 98 valence electrons. The van der Waals surface area contributed by atoms with Gasteiger partial charge in [-0.3, -0.25) is 0 Å². The molecule has 0 unspecified atom stereocenters. The molecule has 0 radical (unpaired) electrons. The third-order valence-corrected chi connectivity index (χ3v) is 3.45. The van der Waals surface area contributed by atoms with E-state index in [1.165, 1.54) is 0 Å². The maximum Gasteiger partial charge on any atom is 0.191 e. The normalized spacial score (nSPS) is 14.9. The second kappa shape index (κ2) is 4.74. The zero-order valence-electron chi connectivity index (χ0n) is 10.0. The first-order chi connectivity index (χ1) is 9.15. The van der Waals surface area contributed by atoms with E-state index >= 15 is 0 Å². The van der Waals surface area contributed by atoms with Gasteiger partial charge in [0, 0.05) is 12.5 Å². The summed E-state index contributed by atoms with van der Waals surface area (Å²) >= 11 is 2.12. The Labute approximate surface area is 123 Å². The molecule has 2 aromatic rings. The Morgan fingerprint density at radius 2 is 2.05 bits per heavy atom. The summed E-state index contributed by atoms with van der Waals surface area (Å²) in [5.41, 5.74) is 8.72. The molecule has 1 aromatic heterocycles. The Bertz CT molecular complexity index is 635. The summed E-state index contributed by atoms with van der Waals surface area (Å²) in [4.78, 5) is 4.11. The summed E-state index contributed by atoms with van der Waals surface area (Å²) in [6.07, 6.45) is 1.69. The van der Waals surface area contributed by atoms with E-state index in [9.17, 15) is 5.11 Å². The van der Waals surface area contributed by atoms with Gasteiger partial charge >= 0.3 is 0 Å². The molecule has 0 amide bonds. The molecule has 0 fully saturated rings. The van der Waals surface area contributed by atoms with E-state index in [-0.39, 0.29) is 5.75 Å². The Morgan fingerprint density at radius 3 is 2.68 bits per heavy atom. The number of halogens is 1. The molecule has 0 atom stereocenters. The van der Waals surface area contributed by atoms with Gasteiger partial charge in [0.2, 0.25) is 0 Å². The van der Waals surface area contributed by atoms with Crippen molar-refractivity contribution in [3.8, 4) is 5.75 Å². The lowest BCUT2D eigenvalue weighted by Crippen LogP contribution is -2.30. The molecule has 19 heavy (non-hydrogen) atoms. The fourth-order valence-corrected chi connectivity index (χ4v) is 2.45. The van der Waals surface area contributed by atoms with Crippen LogP contribution < -0.4 is 11.0 Å². The van der Waals surface area contributed by atoms with Gasteiger partial charge in [0.1, 0.15) is 11.4 Å². The lowest BCUT2D eigenvalue weighted by molar-refractivity contribution is 0.464. The molecule has 0 aliphatic carbocycles. The van der Waals surface area contributed by atoms with Crippen molar-refractivity contribution < 1.29 is 9.52 Å². The highest BCUT2D eigenvalue weighted by Crippen LogP contribution is 2.32. The minimum atomic E-state index is 0.235. The summed E-state index contributed by atoms with van der Waals surface area (Å²) in [6.45, 7) is 1.80. The molecular formula is C12H11IN4O2. The number of hydrogen-bond acceptors (Lipinski definition) is 6. The molecule has 0 saturated carbocycles. The van der Waals surface area contributed by atoms with Crippen LogP contribution in [-0.2, 0) is 0 Å². The van der Waals surface area contributed by atoms with Crippen LogP contribution in [0.5, 0.6) is 5.75 Å². The number of hydrazine groups is 2. The van der Waals surface area contributed by atoms with Crippen LogP contribution in [0.15, 0.2) is 34.9 Å². The quantitative estimate of drug-likeness (QED) is 0.556. The SMILES string of the molecule is Cc1ncc(C2=C(c3ccc(O)cc3)NNN2I)o1. The number of phenols is 1. The molecule has 3 N–H and O–H groups in total. The highest BCUT2D eigenvalue weighted by molar-refractivity contribution is 14.1. The van der Waals surface area contributed by atoms with Crippen molar-refractivity contribution in [3.63, 3.8) is 0 Å². The lowest BCUT2D eigenvalue weighted by Gasteiger charge is -2.08. The number of aromatic hydroxyl groups is 1. The zero-order chi connectivity index (χ0) is 13.4. The molecule has 6 nitrogen and oxygen atoms in total. The number of nitrogens with one attached hydrogen (secondary N) is 2. The van der Waals surface area contributed by atoms with E-state index in [4.69, 9.17) is 4.42 Å². The van der Waals surface area contributed by atoms with Crippen LogP contribution in [0.4, 0.5) is 0 Å². The van der Waals surface area contributed by atoms with Gasteiger partial charge in [-0.05, 0) is 24.3 Å². The summed E-state index contributed by atoms with van der Waals surface area (Å²) in [6, 6.07) is 6.95. The average molecular weight is 370 g/mol. The molecule has 1 aliphatic rings. The number of benzene rings is 1. The van der Waals surface area contributed by atoms with Crippen LogP contribution >= 0.6 is 22.9 Å². The Kier molecular flexibility index (Phi) is 3.07. The predicted octanol–water partition coefficient (Wildman–Crippen LogP) is 2.19. The Hall–Kier alpha value is -1.74. The van der Waals surface area contributed by atoms with Gasteiger partial charge in [-0.2, -0.15) is 0 Å². The summed E-state index contributed by atoms with van der Waals surface area (Å²) in [5, 5.41) is 9.35. The fourth-order valence-electron chi connectivity index (χ4n) is 1.85. The number of oxazole rings is 1. The largest absolute Gasteiger partial charge is 0.508 e. The van der Waals surface area contributed by atoms with Crippen molar-refractivity contribution in [2.75, 3.05) is 0 Å². The number of rotatable bonds is 2. The Morgan fingerprint density at radius 1 is 1.32 bits per heavy atom. The van der Waals surface area contributed by atoms with Crippen molar-refractivity contribution >= 4 is 34.3 Å². The van der Waals surface area contributed by atoms with E-state index in [2.05, 4.69) is 38.8 Å². The van der Waals surface area contributed by atoms with Crippen LogP contribution in [0.2, 0.25) is 0 Å². The highest BCUT2D eigenvalue weighted by atomic mass is 127. The summed E-state index contributed by atoms with van der Waals surface area (Å²) in [5.74, 6) is 1.52. The second-order valence-electron chi connectivity index (χ2n) is 4.03. The molecule has 0 saturated heterocycles. The molecule has 0 bridgehead atoms. The van der Waals surface area contributed by atoms with E-state index in [0.717, 1.165) is 17.0 Å². The monoisotopic (exact) mass is 370 g/mol. The van der Waals surface area contributed by atoms with E-state index in [1.807, 2.05) is 12.1 Å². The highest BCUT2D eigenvalue weighted by Gasteiger charge is 2.25. The van der Waals surface area contributed by atoms with Crippen LogP contribution in [-0.4, -0.2) is 13.3 Å². The molecule has 0 spiro atoms. The van der Waals surface area contributed by atoms with Gasteiger partial charge in [0.05, 0.1) is 34.8 Å². The molecule has 1 aliphatic heterocycles. The first-order valence-electron chi connectivity index (χ1n) is 5.59. The minimum absolute atomic E-state index is 0.235. The van der Waals surface area contributed by atoms with Crippen molar-refractivity contribution in [3.05, 3.63) is 47.7 Å². The van der Waals surface area contributed by atoms with Crippen LogP contribution in [0, 0.1) is 6.92 Å². The maximum absolute atomic E-state index is 9.35. The molecular weight excluding hydrogens is 359 g/mol. The van der Waals surface area contributed by atoms with E-state index < -0.39 is 0 Å². The smallest absolute Gasteiger partial charge is 0.191 e. The number of aryl methyl sites for hydroxylation is 1. The van der Waals surface area contributed by atoms with Gasteiger partial charge in [0.25, 0.3) is 0 Å². The van der Waals surface area contributed by atoms with Crippen molar-refractivity contribution in [1.82, 2.24) is 19.2 Å². The van der Waals surface area contributed by atoms with Crippen LogP contribution in [0.3, 0.4) is 0 Å². The summed E-state index contributed by atoms with van der Waals surface area (Å²) in [7, 11) is 0. The fraction of sp³-hybridized carbons (Fsp3) is 0.0833. The second-order valence-corrected chi connectivity index (χ2v) is 5.00. The Balaban J connectivity index is 2.10. The van der Waals surface area contributed by atoms with Gasteiger partial charge in [-0.15, -0.1) is 5.53 Å². The molecule has 1 aromatic carbocycles. The van der Waals surface area contributed by atoms with Gasteiger partial charge in [-0.1, -0.05) is 0 Å². The number of phenolic OH excluding ortho intramolecular Hbond substituents is 1. The van der Waals surface area contributed by atoms with Gasteiger partial charge in [0.15, 0.2) is 11.7 Å². The van der Waals surface area contributed by atoms with Gasteiger partial charge < -0.3 is 14.9 Å². The summed E-state index contributed by atoms with van der Waals surface area (Å²) < 4.78 is 7.36. The van der Waals surface area contributed by atoms with Crippen molar-refractivity contribution in [1.29, 1.82) is 0 Å². The minimum Gasteiger partial charge on any atom is -0.508 e. The third kappa shape index (κ3) is 2.26. The number of nitrogens with zero attached hydrogens (tertiary/aromatic N) is 2. The molecule has 2 heterocycles. The zero-order valence-corrected chi connectivity index (χ0v) is 12.2. The molecule has 3 rings (SSSR count). The van der Waals surface area contributed by atoms with Crippen molar-refractivity contribution in [2.45, 2.75) is 6.92 Å². The first kappa shape index (κ1) is 12.3. The predicted molar refractivity (Wildman–Crippen MR) is 78.3 cm³/mol. The lowest BCUT2D eigenvalue weighted by atomic mass is 10.1. The van der Waals surface area contributed by atoms with Gasteiger partial charge in [-0.25, -0.2) is 8.21 Å². The topological polar surface area (TPSA) is 73.6 Å². The molecule has 7 heteroatoms. The van der Waals surface area contributed by atoms with E-state index in [0.29, 0.717) is 11.7 Å². The van der Waals surface area contributed by atoms with Crippen LogP contribution in [0.1, 0.15) is 17.2 Å². The van der Waals surface area contributed by atoms with E-state index in [1.54, 1.807) is 28.5 Å². The average Bonchev–Trinajstić information content (AvgIpc) is 2.96. The van der Waals surface area contributed by atoms with Crippen LogP contribution in [0.25, 0.3) is 11.4 Å². The maximum atomic E-state index is 9.35.